The molecule has 0 saturated heterocycles. The van der Waals surface area contributed by atoms with E-state index in [4.69, 9.17) is 12.2 Å². The third-order valence-corrected chi connectivity index (χ3v) is 4.75. The smallest absolute Gasteiger partial charge is 0.178 e. The second-order valence-electron chi connectivity index (χ2n) is 4.65. The summed E-state index contributed by atoms with van der Waals surface area (Å²) >= 11 is 10.7. The second-order valence-corrected chi connectivity index (χ2v) is 6.73. The van der Waals surface area contributed by atoms with Crippen molar-refractivity contribution in [2.75, 3.05) is 0 Å². The Morgan fingerprint density at radius 3 is 3.00 bits per heavy atom. The van der Waals surface area contributed by atoms with E-state index in [0.29, 0.717) is 6.04 Å². The first-order valence-electron chi connectivity index (χ1n) is 6.06. The van der Waals surface area contributed by atoms with Gasteiger partial charge in [-0.15, -0.1) is 0 Å². The average Bonchev–Trinajstić information content (AvgIpc) is 2.95. The Balaban J connectivity index is 2.04. The first kappa shape index (κ1) is 13.1. The minimum atomic E-state index is 0.344. The van der Waals surface area contributed by atoms with Gasteiger partial charge < -0.3 is 9.55 Å². The number of thiophene rings is 1. The van der Waals surface area contributed by atoms with E-state index < -0.39 is 0 Å². The number of imidazole rings is 1. The molecule has 19 heavy (non-hydrogen) atoms. The standard InChI is InChI=1S/C14H13BrN2S2/c1-9(6-10-4-5-19-8-10)17-13-3-2-11(15)7-12(13)16-14(17)18/h2-5,7-9H,6H2,1H3,(H,16,18). The number of halogens is 1. The summed E-state index contributed by atoms with van der Waals surface area (Å²) in [5.41, 5.74) is 3.61. The maximum atomic E-state index is 5.46. The molecular weight excluding hydrogens is 340 g/mol. The van der Waals surface area contributed by atoms with E-state index in [1.807, 2.05) is 0 Å². The number of rotatable bonds is 3. The van der Waals surface area contributed by atoms with Crippen LogP contribution in [0.2, 0.25) is 0 Å². The molecular formula is C14H13BrN2S2. The van der Waals surface area contributed by atoms with E-state index in [1.165, 1.54) is 5.56 Å². The average molecular weight is 353 g/mol. The predicted octanol–water partition coefficient (Wildman–Crippen LogP) is 5.33. The highest BCUT2D eigenvalue weighted by Gasteiger charge is 2.12. The van der Waals surface area contributed by atoms with Gasteiger partial charge in [0.05, 0.1) is 11.0 Å². The van der Waals surface area contributed by atoms with Crippen LogP contribution in [0.3, 0.4) is 0 Å². The van der Waals surface area contributed by atoms with Crippen LogP contribution in [0.15, 0.2) is 39.5 Å². The van der Waals surface area contributed by atoms with Gasteiger partial charge in [-0.2, -0.15) is 11.3 Å². The van der Waals surface area contributed by atoms with Gasteiger partial charge in [-0.3, -0.25) is 0 Å². The number of aromatic nitrogens is 2. The van der Waals surface area contributed by atoms with Crippen LogP contribution in [-0.2, 0) is 6.42 Å². The SMILES string of the molecule is CC(Cc1ccsc1)n1c(=S)[nH]c2cc(Br)ccc21. The van der Waals surface area contributed by atoms with Crippen molar-refractivity contribution in [2.24, 2.45) is 0 Å². The van der Waals surface area contributed by atoms with Crippen molar-refractivity contribution in [1.29, 1.82) is 0 Å². The quantitative estimate of drug-likeness (QED) is 0.632. The highest BCUT2D eigenvalue weighted by atomic mass is 79.9. The van der Waals surface area contributed by atoms with Crippen molar-refractivity contribution in [3.05, 3.63) is 49.8 Å². The summed E-state index contributed by atoms with van der Waals surface area (Å²) in [7, 11) is 0. The Labute approximate surface area is 129 Å². The van der Waals surface area contributed by atoms with E-state index in [0.717, 1.165) is 26.7 Å². The van der Waals surface area contributed by atoms with E-state index >= 15 is 0 Å². The Morgan fingerprint density at radius 2 is 2.26 bits per heavy atom. The van der Waals surface area contributed by atoms with Crippen molar-refractivity contribution in [3.63, 3.8) is 0 Å². The van der Waals surface area contributed by atoms with Crippen LogP contribution in [0.4, 0.5) is 0 Å². The number of nitrogens with zero attached hydrogens (tertiary/aromatic N) is 1. The number of aromatic amines is 1. The Kier molecular flexibility index (Phi) is 3.60. The summed E-state index contributed by atoms with van der Waals surface area (Å²) < 4.78 is 4.05. The number of fused-ring (bicyclic) bond motifs is 1. The van der Waals surface area contributed by atoms with Gasteiger partial charge in [0.1, 0.15) is 0 Å². The molecule has 0 bridgehead atoms. The lowest BCUT2D eigenvalue weighted by molar-refractivity contribution is 0.554. The number of hydrogen-bond donors (Lipinski definition) is 1. The maximum Gasteiger partial charge on any atom is 0.178 e. The van der Waals surface area contributed by atoms with Crippen LogP contribution in [0.1, 0.15) is 18.5 Å². The molecule has 98 valence electrons. The Bertz CT molecular complexity index is 755. The van der Waals surface area contributed by atoms with E-state index in [2.05, 4.69) is 67.4 Å². The van der Waals surface area contributed by atoms with Crippen LogP contribution in [0.25, 0.3) is 11.0 Å². The summed E-state index contributed by atoms with van der Waals surface area (Å²) in [4.78, 5) is 3.28. The lowest BCUT2D eigenvalue weighted by Gasteiger charge is -2.13. The van der Waals surface area contributed by atoms with E-state index in [9.17, 15) is 0 Å². The topological polar surface area (TPSA) is 20.7 Å². The summed E-state index contributed by atoms with van der Waals surface area (Å²) in [6.45, 7) is 2.21. The van der Waals surface area contributed by atoms with Crippen molar-refractivity contribution in [3.8, 4) is 0 Å². The van der Waals surface area contributed by atoms with Crippen LogP contribution < -0.4 is 0 Å². The minimum absolute atomic E-state index is 0.344. The minimum Gasteiger partial charge on any atom is -0.331 e. The first-order chi connectivity index (χ1) is 9.15. The van der Waals surface area contributed by atoms with Crippen molar-refractivity contribution in [1.82, 2.24) is 9.55 Å². The molecule has 2 nitrogen and oxygen atoms in total. The molecule has 0 amide bonds. The highest BCUT2D eigenvalue weighted by molar-refractivity contribution is 9.10. The van der Waals surface area contributed by atoms with Crippen LogP contribution in [0.5, 0.6) is 0 Å². The molecule has 3 aromatic rings. The zero-order chi connectivity index (χ0) is 13.4. The highest BCUT2D eigenvalue weighted by Crippen LogP contribution is 2.25. The van der Waals surface area contributed by atoms with Crippen LogP contribution in [0, 0.1) is 4.77 Å². The molecule has 1 aromatic carbocycles. The van der Waals surface area contributed by atoms with Gasteiger partial charge in [0.15, 0.2) is 4.77 Å². The fourth-order valence-corrected chi connectivity index (χ4v) is 3.81. The summed E-state index contributed by atoms with van der Waals surface area (Å²) in [6, 6.07) is 8.75. The molecule has 0 spiro atoms. The summed E-state index contributed by atoms with van der Waals surface area (Å²) in [5.74, 6) is 0. The molecule has 2 heterocycles. The molecule has 3 rings (SSSR count). The number of benzene rings is 1. The number of hydrogen-bond acceptors (Lipinski definition) is 2. The van der Waals surface area contributed by atoms with Crippen LogP contribution in [-0.4, -0.2) is 9.55 Å². The van der Waals surface area contributed by atoms with Gasteiger partial charge in [0.2, 0.25) is 0 Å². The molecule has 0 saturated carbocycles. The molecule has 2 aromatic heterocycles. The molecule has 0 aliphatic heterocycles. The monoisotopic (exact) mass is 352 g/mol. The third-order valence-electron chi connectivity index (χ3n) is 3.23. The zero-order valence-corrected chi connectivity index (χ0v) is 13.6. The van der Waals surface area contributed by atoms with Crippen LogP contribution >= 0.6 is 39.5 Å². The van der Waals surface area contributed by atoms with Gasteiger partial charge in [0, 0.05) is 10.5 Å². The first-order valence-corrected chi connectivity index (χ1v) is 8.20. The van der Waals surface area contributed by atoms with Gasteiger partial charge in [-0.25, -0.2) is 0 Å². The Morgan fingerprint density at radius 1 is 1.42 bits per heavy atom. The van der Waals surface area contributed by atoms with Crippen molar-refractivity contribution < 1.29 is 0 Å². The molecule has 0 aliphatic carbocycles. The van der Waals surface area contributed by atoms with E-state index in [-0.39, 0.29) is 0 Å². The molecule has 0 aliphatic rings. The lowest BCUT2D eigenvalue weighted by atomic mass is 10.1. The number of nitrogens with one attached hydrogen (secondary N) is 1. The maximum absolute atomic E-state index is 5.46. The van der Waals surface area contributed by atoms with Gasteiger partial charge in [0.25, 0.3) is 0 Å². The lowest BCUT2D eigenvalue weighted by Crippen LogP contribution is -2.07. The molecule has 1 N–H and O–H groups in total. The fourth-order valence-electron chi connectivity index (χ4n) is 2.38. The normalized spacial score (nSPS) is 12.9. The van der Waals surface area contributed by atoms with Gasteiger partial charge >= 0.3 is 0 Å². The summed E-state index contributed by atoms with van der Waals surface area (Å²) in [5, 5.41) is 4.32. The molecule has 5 heteroatoms. The van der Waals surface area contributed by atoms with Crippen molar-refractivity contribution in [2.45, 2.75) is 19.4 Å². The molecule has 0 radical (unpaired) electrons. The fraction of sp³-hybridized carbons (Fsp3) is 0.214. The van der Waals surface area contributed by atoms with E-state index in [1.54, 1.807) is 11.3 Å². The van der Waals surface area contributed by atoms with Gasteiger partial charge in [-0.05, 0) is 66.2 Å². The third kappa shape index (κ3) is 2.55. The van der Waals surface area contributed by atoms with Crippen molar-refractivity contribution >= 4 is 50.5 Å². The van der Waals surface area contributed by atoms with Gasteiger partial charge in [-0.1, -0.05) is 15.9 Å². The molecule has 0 fully saturated rings. The predicted molar refractivity (Wildman–Crippen MR) is 87.6 cm³/mol. The summed E-state index contributed by atoms with van der Waals surface area (Å²) in [6.07, 6.45) is 1.00. The molecule has 1 atom stereocenters. The number of H-pyrrole nitrogens is 1. The zero-order valence-electron chi connectivity index (χ0n) is 10.4. The second kappa shape index (κ2) is 5.23. The largest absolute Gasteiger partial charge is 0.331 e. The Hall–Kier alpha value is -0.910. The molecule has 1 unspecified atom stereocenters.